The zero-order chi connectivity index (χ0) is 24.3. The first-order valence-electron chi connectivity index (χ1n) is 12.4. The highest BCUT2D eigenvalue weighted by atomic mass is 16.3. The minimum atomic E-state index is 0.871. The van der Waals surface area contributed by atoms with Gasteiger partial charge in [-0.05, 0) is 40.4 Å². The Kier molecular flexibility index (Phi) is 4.23. The van der Waals surface area contributed by atoms with Crippen molar-refractivity contribution in [3.63, 3.8) is 0 Å². The Morgan fingerprint density at radius 2 is 1.24 bits per heavy atom. The summed E-state index contributed by atoms with van der Waals surface area (Å²) in [5.74, 6) is 0. The van der Waals surface area contributed by atoms with Gasteiger partial charge in [-0.2, -0.15) is 0 Å². The van der Waals surface area contributed by atoms with Crippen LogP contribution in [0.1, 0.15) is 0 Å². The van der Waals surface area contributed by atoms with Gasteiger partial charge in [0.05, 0.1) is 22.4 Å². The zero-order valence-corrected chi connectivity index (χ0v) is 19.8. The Bertz CT molecular complexity index is 2140. The molecule has 0 aliphatic rings. The van der Waals surface area contributed by atoms with Gasteiger partial charge in [0.15, 0.2) is 0 Å². The van der Waals surface area contributed by atoms with Crippen LogP contribution in [0, 0.1) is 0 Å². The van der Waals surface area contributed by atoms with Crippen LogP contribution in [-0.4, -0.2) is 9.97 Å². The number of rotatable bonds is 2. The van der Waals surface area contributed by atoms with Crippen LogP contribution >= 0.6 is 0 Å². The minimum Gasteiger partial charge on any atom is -0.456 e. The normalized spacial score (nSPS) is 11.8. The molecule has 0 amide bonds. The summed E-state index contributed by atoms with van der Waals surface area (Å²) in [6, 6.07) is 41.9. The van der Waals surface area contributed by atoms with E-state index >= 15 is 0 Å². The molecule has 0 fully saturated rings. The lowest BCUT2D eigenvalue weighted by atomic mass is 9.96. The summed E-state index contributed by atoms with van der Waals surface area (Å²) in [5, 5.41) is 6.76. The maximum Gasteiger partial charge on any atom is 0.136 e. The molecule has 6 aromatic carbocycles. The van der Waals surface area contributed by atoms with Crippen molar-refractivity contribution < 1.29 is 4.42 Å². The first kappa shape index (κ1) is 20.2. The molecule has 3 heteroatoms. The van der Waals surface area contributed by atoms with Crippen molar-refractivity contribution in [3.05, 3.63) is 121 Å². The maximum absolute atomic E-state index is 6.26. The molecule has 2 heterocycles. The molecule has 0 bridgehead atoms. The number of nitrogens with zero attached hydrogens (tertiary/aromatic N) is 2. The van der Waals surface area contributed by atoms with E-state index in [2.05, 4.69) is 91.0 Å². The molecule has 0 saturated heterocycles. The lowest BCUT2D eigenvalue weighted by Crippen LogP contribution is -1.97. The van der Waals surface area contributed by atoms with Crippen molar-refractivity contribution in [2.24, 2.45) is 0 Å². The highest BCUT2D eigenvalue weighted by Crippen LogP contribution is 2.39. The lowest BCUT2D eigenvalue weighted by molar-refractivity contribution is 0.669. The molecule has 2 aromatic heterocycles. The van der Waals surface area contributed by atoms with E-state index in [4.69, 9.17) is 14.4 Å². The third kappa shape index (κ3) is 3.08. The largest absolute Gasteiger partial charge is 0.456 e. The summed E-state index contributed by atoms with van der Waals surface area (Å²) in [4.78, 5) is 10.5. The quantitative estimate of drug-likeness (QED) is 0.235. The molecule has 0 unspecified atom stereocenters. The molecular weight excluding hydrogens is 452 g/mol. The van der Waals surface area contributed by atoms with Crippen molar-refractivity contribution in [2.45, 2.75) is 0 Å². The van der Waals surface area contributed by atoms with Gasteiger partial charge < -0.3 is 4.42 Å². The fourth-order valence-electron chi connectivity index (χ4n) is 5.48. The molecule has 0 aliphatic carbocycles. The maximum atomic E-state index is 6.26. The Balaban J connectivity index is 1.49. The van der Waals surface area contributed by atoms with Crippen LogP contribution in [-0.2, 0) is 0 Å². The van der Waals surface area contributed by atoms with Crippen LogP contribution in [0.25, 0.3) is 77.0 Å². The summed E-state index contributed by atoms with van der Waals surface area (Å²) in [5.41, 5.74) is 7.41. The van der Waals surface area contributed by atoms with Crippen LogP contribution in [0.4, 0.5) is 0 Å². The molecule has 8 rings (SSSR count). The van der Waals surface area contributed by atoms with E-state index in [0.717, 1.165) is 77.0 Å². The topological polar surface area (TPSA) is 38.9 Å². The molecule has 3 nitrogen and oxygen atoms in total. The van der Waals surface area contributed by atoms with E-state index in [-0.39, 0.29) is 0 Å². The van der Waals surface area contributed by atoms with Gasteiger partial charge in [-0.15, -0.1) is 0 Å². The standard InChI is InChI=1S/C34H20N2O/c1-2-10-22(11-3-1)32-34(36-33-24-13-5-4-9-21(24)17-18-29(33)35-32)26-15-8-12-23-19-28-25-14-6-7-16-30(25)37-31(28)20-27(23)26/h1-20H. The van der Waals surface area contributed by atoms with Crippen molar-refractivity contribution in [1.29, 1.82) is 0 Å². The molecular formula is C34H20N2O. The van der Waals surface area contributed by atoms with Gasteiger partial charge in [0.25, 0.3) is 0 Å². The Morgan fingerprint density at radius 3 is 2.16 bits per heavy atom. The first-order chi connectivity index (χ1) is 18.3. The molecule has 8 aromatic rings. The Labute approximate surface area is 212 Å². The smallest absolute Gasteiger partial charge is 0.136 e. The summed E-state index contributed by atoms with van der Waals surface area (Å²) >= 11 is 0. The zero-order valence-electron chi connectivity index (χ0n) is 19.8. The molecule has 0 atom stereocenters. The third-order valence-corrected chi connectivity index (χ3v) is 7.24. The molecule has 0 radical (unpaired) electrons. The van der Waals surface area contributed by atoms with E-state index in [9.17, 15) is 0 Å². The highest BCUT2D eigenvalue weighted by molar-refractivity contribution is 6.13. The first-order valence-corrected chi connectivity index (χ1v) is 12.4. The molecule has 0 N–H and O–H groups in total. The van der Waals surface area contributed by atoms with Gasteiger partial charge in [0.1, 0.15) is 11.2 Å². The monoisotopic (exact) mass is 472 g/mol. The fraction of sp³-hybridized carbons (Fsp3) is 0. The average molecular weight is 473 g/mol. The van der Waals surface area contributed by atoms with Gasteiger partial charge in [0, 0.05) is 27.3 Å². The number of hydrogen-bond donors (Lipinski definition) is 0. The number of para-hydroxylation sites is 1. The second kappa shape index (κ2) is 7.74. The van der Waals surface area contributed by atoms with E-state index in [1.54, 1.807) is 0 Å². The van der Waals surface area contributed by atoms with Gasteiger partial charge in [0.2, 0.25) is 0 Å². The van der Waals surface area contributed by atoms with Gasteiger partial charge in [-0.3, -0.25) is 0 Å². The van der Waals surface area contributed by atoms with Crippen molar-refractivity contribution >= 4 is 54.5 Å². The van der Waals surface area contributed by atoms with E-state index in [0.29, 0.717) is 0 Å². The SMILES string of the molecule is c1ccc(-c2nc3ccc4ccccc4c3nc2-c2cccc3cc4c(cc23)oc2ccccc24)cc1. The Hall–Kier alpha value is -5.02. The van der Waals surface area contributed by atoms with E-state index in [1.165, 1.54) is 0 Å². The average Bonchev–Trinajstić information content (AvgIpc) is 3.33. The van der Waals surface area contributed by atoms with Crippen LogP contribution in [0.15, 0.2) is 126 Å². The summed E-state index contributed by atoms with van der Waals surface area (Å²) < 4.78 is 6.26. The van der Waals surface area contributed by atoms with Crippen LogP contribution < -0.4 is 0 Å². The lowest BCUT2D eigenvalue weighted by Gasteiger charge is -2.14. The van der Waals surface area contributed by atoms with E-state index in [1.807, 2.05) is 30.3 Å². The number of furan rings is 1. The van der Waals surface area contributed by atoms with Crippen LogP contribution in [0.2, 0.25) is 0 Å². The van der Waals surface area contributed by atoms with Crippen molar-refractivity contribution in [2.75, 3.05) is 0 Å². The minimum absolute atomic E-state index is 0.871. The number of fused-ring (bicyclic) bond motifs is 7. The molecule has 37 heavy (non-hydrogen) atoms. The summed E-state index contributed by atoms with van der Waals surface area (Å²) in [7, 11) is 0. The van der Waals surface area contributed by atoms with Crippen LogP contribution in [0.3, 0.4) is 0 Å². The summed E-state index contributed by atoms with van der Waals surface area (Å²) in [6.07, 6.45) is 0. The molecule has 0 saturated carbocycles. The van der Waals surface area contributed by atoms with Gasteiger partial charge >= 0.3 is 0 Å². The third-order valence-electron chi connectivity index (χ3n) is 7.24. The number of hydrogen-bond acceptors (Lipinski definition) is 3. The van der Waals surface area contributed by atoms with Gasteiger partial charge in [-0.1, -0.05) is 97.1 Å². The van der Waals surface area contributed by atoms with Crippen LogP contribution in [0.5, 0.6) is 0 Å². The molecule has 0 spiro atoms. The Morgan fingerprint density at radius 1 is 0.459 bits per heavy atom. The summed E-state index contributed by atoms with van der Waals surface area (Å²) in [6.45, 7) is 0. The van der Waals surface area contributed by atoms with E-state index < -0.39 is 0 Å². The van der Waals surface area contributed by atoms with Crippen molar-refractivity contribution in [3.8, 4) is 22.5 Å². The highest BCUT2D eigenvalue weighted by Gasteiger charge is 2.18. The van der Waals surface area contributed by atoms with Gasteiger partial charge in [-0.25, -0.2) is 9.97 Å². The fourth-order valence-corrected chi connectivity index (χ4v) is 5.48. The number of benzene rings is 6. The van der Waals surface area contributed by atoms with Crippen molar-refractivity contribution in [1.82, 2.24) is 9.97 Å². The predicted octanol–water partition coefficient (Wildman–Crippen LogP) is 9.17. The second-order valence-electron chi connectivity index (χ2n) is 9.41. The molecule has 0 aliphatic heterocycles. The number of aromatic nitrogens is 2. The predicted molar refractivity (Wildman–Crippen MR) is 153 cm³/mol. The molecule has 172 valence electrons. The second-order valence-corrected chi connectivity index (χ2v) is 9.41.